The lowest BCUT2D eigenvalue weighted by Crippen LogP contribution is -2.55. The molecular formula is C21H28N2O8. The maximum Gasteiger partial charge on any atom is 0.252 e. The molecule has 2 aliphatic heterocycles. The molecule has 0 spiro atoms. The molecule has 0 radical (unpaired) electrons. The van der Waals surface area contributed by atoms with Crippen LogP contribution in [0.5, 0.6) is 11.5 Å². The highest BCUT2D eigenvalue weighted by Crippen LogP contribution is 2.34. The second-order valence-corrected chi connectivity index (χ2v) is 8.23. The molecule has 31 heavy (non-hydrogen) atoms. The minimum atomic E-state index is -1.28. The number of amides is 2. The molecule has 1 saturated heterocycles. The predicted octanol–water partition coefficient (Wildman–Crippen LogP) is -0.324. The number of aryl methyl sites for hydroxylation is 1. The summed E-state index contributed by atoms with van der Waals surface area (Å²) in [6.45, 7) is 4.51. The largest absolute Gasteiger partial charge is 0.454 e. The molecule has 0 aromatic heterocycles. The Kier molecular flexibility index (Phi) is 6.83. The van der Waals surface area contributed by atoms with E-state index in [2.05, 4.69) is 10.6 Å². The number of hydrogen-bond donors (Lipinski definition) is 4. The second kappa shape index (κ2) is 9.21. The first-order chi connectivity index (χ1) is 14.7. The highest BCUT2D eigenvalue weighted by Gasteiger charge is 2.54. The van der Waals surface area contributed by atoms with Gasteiger partial charge in [0.1, 0.15) is 6.04 Å². The zero-order valence-electron chi connectivity index (χ0n) is 17.8. The molecule has 0 saturated carbocycles. The van der Waals surface area contributed by atoms with Crippen LogP contribution in [0, 0.1) is 12.8 Å². The van der Waals surface area contributed by atoms with Gasteiger partial charge in [-0.1, -0.05) is 13.8 Å². The van der Waals surface area contributed by atoms with Crippen molar-refractivity contribution in [1.82, 2.24) is 10.6 Å². The van der Waals surface area contributed by atoms with Crippen LogP contribution in [0.1, 0.15) is 36.2 Å². The van der Waals surface area contributed by atoms with E-state index < -0.39 is 48.5 Å². The number of nitrogens with one attached hydrogen (secondary N) is 2. The molecule has 3 unspecified atom stereocenters. The Labute approximate surface area is 179 Å². The molecule has 2 amide bonds. The van der Waals surface area contributed by atoms with Crippen molar-refractivity contribution in [3.8, 4) is 11.5 Å². The summed E-state index contributed by atoms with van der Waals surface area (Å²) in [6, 6.07) is 0.984. The molecule has 3 atom stereocenters. The van der Waals surface area contributed by atoms with E-state index >= 15 is 0 Å². The molecule has 0 bridgehead atoms. The van der Waals surface area contributed by atoms with Gasteiger partial charge in [-0.3, -0.25) is 14.4 Å². The first-order valence-electron chi connectivity index (χ1n) is 10.1. The Bertz CT molecular complexity index is 865. The number of aliphatic hydroxyl groups excluding tert-OH is 2. The minimum absolute atomic E-state index is 0.0613. The number of ether oxygens (including phenoxy) is 3. The van der Waals surface area contributed by atoms with Crippen LogP contribution in [0.15, 0.2) is 12.1 Å². The van der Waals surface area contributed by atoms with Crippen LogP contribution in [0.25, 0.3) is 0 Å². The van der Waals surface area contributed by atoms with Gasteiger partial charge in [-0.15, -0.1) is 0 Å². The maximum atomic E-state index is 12.8. The summed E-state index contributed by atoms with van der Waals surface area (Å²) >= 11 is 0. The van der Waals surface area contributed by atoms with Gasteiger partial charge in [-0.2, -0.15) is 0 Å². The van der Waals surface area contributed by atoms with Gasteiger partial charge in [-0.25, -0.2) is 0 Å². The van der Waals surface area contributed by atoms with Gasteiger partial charge < -0.3 is 35.1 Å². The van der Waals surface area contributed by atoms with Gasteiger partial charge >= 0.3 is 0 Å². The first-order valence-corrected chi connectivity index (χ1v) is 10.1. The number of Topliss-reactive ketones (excluding diaryl/α,β-unsaturated/α-hetero) is 1. The van der Waals surface area contributed by atoms with Gasteiger partial charge in [0.25, 0.3) is 5.91 Å². The number of rotatable bonds is 10. The van der Waals surface area contributed by atoms with Gasteiger partial charge in [0.05, 0.1) is 25.9 Å². The van der Waals surface area contributed by atoms with Crippen molar-refractivity contribution in [2.45, 2.75) is 44.9 Å². The molecule has 10 heteroatoms. The Balaban J connectivity index is 1.70. The lowest BCUT2D eigenvalue weighted by atomic mass is 9.92. The molecule has 10 nitrogen and oxygen atoms in total. The van der Waals surface area contributed by atoms with E-state index in [1.807, 2.05) is 13.8 Å². The smallest absolute Gasteiger partial charge is 0.252 e. The lowest BCUT2D eigenvalue weighted by molar-refractivity contribution is -0.133. The monoisotopic (exact) mass is 436 g/mol. The number of carbonyl (C=O) groups excluding carboxylic acids is 3. The normalized spacial score (nSPS) is 20.8. The zero-order valence-corrected chi connectivity index (χ0v) is 17.8. The Hall–Kier alpha value is -2.69. The third kappa shape index (κ3) is 4.97. The molecule has 0 aliphatic carbocycles. The molecule has 1 aromatic rings. The summed E-state index contributed by atoms with van der Waals surface area (Å²) in [6.07, 6.45) is 0.322. The van der Waals surface area contributed by atoms with Crippen LogP contribution in [-0.2, 0) is 14.3 Å². The van der Waals surface area contributed by atoms with E-state index in [1.165, 1.54) is 6.07 Å². The van der Waals surface area contributed by atoms with Crippen LogP contribution in [0.3, 0.4) is 0 Å². The van der Waals surface area contributed by atoms with Crippen molar-refractivity contribution in [3.63, 3.8) is 0 Å². The number of ketones is 1. The molecular weight excluding hydrogens is 408 g/mol. The summed E-state index contributed by atoms with van der Waals surface area (Å²) in [5.41, 5.74) is -0.396. The number of hydrogen-bond acceptors (Lipinski definition) is 8. The van der Waals surface area contributed by atoms with Crippen molar-refractivity contribution in [2.24, 2.45) is 5.92 Å². The second-order valence-electron chi connectivity index (χ2n) is 8.23. The van der Waals surface area contributed by atoms with E-state index in [0.717, 1.165) is 0 Å². The van der Waals surface area contributed by atoms with E-state index in [9.17, 15) is 24.6 Å². The summed E-state index contributed by atoms with van der Waals surface area (Å²) in [7, 11) is 0. The zero-order chi connectivity index (χ0) is 22.8. The highest BCUT2D eigenvalue weighted by molar-refractivity contribution is 6.01. The molecule has 2 aliphatic rings. The van der Waals surface area contributed by atoms with Crippen LogP contribution in [0.4, 0.5) is 0 Å². The molecule has 2 heterocycles. The summed E-state index contributed by atoms with van der Waals surface area (Å²) in [5.74, 6) is -0.687. The number of carbonyl (C=O) groups is 3. The quantitative estimate of drug-likeness (QED) is 0.365. The van der Waals surface area contributed by atoms with Crippen LogP contribution in [0.2, 0.25) is 0 Å². The Morgan fingerprint density at radius 2 is 1.74 bits per heavy atom. The molecule has 1 aromatic carbocycles. The average Bonchev–Trinajstić information content (AvgIpc) is 3.40. The average molecular weight is 436 g/mol. The fourth-order valence-corrected chi connectivity index (χ4v) is 3.41. The third-order valence-corrected chi connectivity index (χ3v) is 5.31. The van der Waals surface area contributed by atoms with Crippen molar-refractivity contribution in [1.29, 1.82) is 0 Å². The lowest BCUT2D eigenvalue weighted by Gasteiger charge is -2.24. The summed E-state index contributed by atoms with van der Waals surface area (Å²) < 4.78 is 15.7. The highest BCUT2D eigenvalue weighted by atomic mass is 16.7. The summed E-state index contributed by atoms with van der Waals surface area (Å²) in [4.78, 5) is 38.3. The van der Waals surface area contributed by atoms with Crippen LogP contribution < -0.4 is 20.1 Å². The number of fused-ring (bicyclic) bond motifs is 1. The van der Waals surface area contributed by atoms with Gasteiger partial charge in [0.2, 0.25) is 12.7 Å². The number of benzene rings is 1. The van der Waals surface area contributed by atoms with Crippen molar-refractivity contribution < 1.29 is 38.8 Å². The van der Waals surface area contributed by atoms with E-state index in [1.54, 1.807) is 13.0 Å². The summed E-state index contributed by atoms with van der Waals surface area (Å²) in [5, 5.41) is 24.2. The minimum Gasteiger partial charge on any atom is -0.454 e. The number of epoxide rings is 1. The van der Waals surface area contributed by atoms with Gasteiger partial charge in [-0.05, 0) is 37.0 Å². The van der Waals surface area contributed by atoms with Crippen molar-refractivity contribution in [2.75, 3.05) is 26.6 Å². The molecule has 170 valence electrons. The standard InChI is InChI=1S/C21H28N2O8/c1-11(2)4-14(18(26)21(8-25)9-31-21)22-20(28)15(7-24)23-19(27)13-6-17-16(5-12(13)3)29-10-30-17/h5-6,11,14-15,24-25H,4,7-10H2,1-3H3,(H,22,28)(H,23,27). The van der Waals surface area contributed by atoms with E-state index in [-0.39, 0.29) is 24.9 Å². The van der Waals surface area contributed by atoms with E-state index in [0.29, 0.717) is 23.5 Å². The van der Waals surface area contributed by atoms with Gasteiger partial charge in [0.15, 0.2) is 22.9 Å². The van der Waals surface area contributed by atoms with Gasteiger partial charge in [0, 0.05) is 5.56 Å². The van der Waals surface area contributed by atoms with Crippen LogP contribution >= 0.6 is 0 Å². The Morgan fingerprint density at radius 3 is 2.29 bits per heavy atom. The molecule has 4 N–H and O–H groups in total. The SMILES string of the molecule is Cc1cc2c(cc1C(=O)NC(CO)C(=O)NC(CC(C)C)C(=O)C1(CO)CO1)OCO2. The molecule has 3 rings (SSSR count). The molecule has 1 fully saturated rings. The number of aliphatic hydroxyl groups is 2. The third-order valence-electron chi connectivity index (χ3n) is 5.31. The van der Waals surface area contributed by atoms with Crippen LogP contribution in [-0.4, -0.2) is 72.1 Å². The topological polar surface area (TPSA) is 147 Å². The first kappa shape index (κ1) is 23.0. The maximum absolute atomic E-state index is 12.8. The fraction of sp³-hybridized carbons (Fsp3) is 0.571. The van der Waals surface area contributed by atoms with Crippen molar-refractivity contribution >= 4 is 17.6 Å². The fourth-order valence-electron chi connectivity index (χ4n) is 3.41. The van der Waals surface area contributed by atoms with E-state index in [4.69, 9.17) is 14.2 Å². The van der Waals surface area contributed by atoms with Crippen molar-refractivity contribution in [3.05, 3.63) is 23.3 Å². The Morgan fingerprint density at radius 1 is 1.10 bits per heavy atom. The predicted molar refractivity (Wildman–Crippen MR) is 108 cm³/mol.